The lowest BCUT2D eigenvalue weighted by molar-refractivity contribution is -0.138. The predicted octanol–water partition coefficient (Wildman–Crippen LogP) is 2.87. The Morgan fingerprint density at radius 2 is 1.53 bits per heavy atom. The molecule has 0 saturated carbocycles. The molecule has 162 valence electrons. The van der Waals surface area contributed by atoms with Crippen LogP contribution in [0.1, 0.15) is 15.9 Å². The molecule has 1 fully saturated rings. The van der Waals surface area contributed by atoms with E-state index in [4.69, 9.17) is 4.18 Å². The van der Waals surface area contributed by atoms with Crippen LogP contribution in [-0.4, -0.2) is 62.6 Å². The molecule has 2 aromatic rings. The molecule has 3 rings (SSSR count). The molecule has 0 radical (unpaired) electrons. The Balaban J connectivity index is 1.53. The van der Waals surface area contributed by atoms with E-state index in [0.29, 0.717) is 13.1 Å². The van der Waals surface area contributed by atoms with Gasteiger partial charge in [0.1, 0.15) is 5.75 Å². The van der Waals surface area contributed by atoms with E-state index >= 15 is 0 Å². The van der Waals surface area contributed by atoms with E-state index in [9.17, 15) is 26.4 Å². The first-order chi connectivity index (χ1) is 14.2. The molecule has 0 bridgehead atoms. The number of alkyl halides is 3. The summed E-state index contributed by atoms with van der Waals surface area (Å²) in [6.07, 6.45) is -4.61. The number of hydrogen-bond donors (Lipinski definition) is 0. The van der Waals surface area contributed by atoms with E-state index in [1.165, 1.54) is 23.1 Å². The first-order valence-corrected chi connectivity index (χ1v) is 10.9. The van der Waals surface area contributed by atoms with Crippen LogP contribution in [0.3, 0.4) is 0 Å². The lowest BCUT2D eigenvalue weighted by atomic mass is 10.1. The zero-order valence-electron chi connectivity index (χ0n) is 16.0. The number of rotatable bonds is 6. The first kappa shape index (κ1) is 22.1. The Labute approximate surface area is 173 Å². The molecule has 6 nitrogen and oxygen atoms in total. The van der Waals surface area contributed by atoms with Gasteiger partial charge >= 0.3 is 16.3 Å². The van der Waals surface area contributed by atoms with Gasteiger partial charge in [0.2, 0.25) is 0 Å². The molecule has 0 aromatic heterocycles. The summed E-state index contributed by atoms with van der Waals surface area (Å²) in [5.74, 6) is -0.675. The van der Waals surface area contributed by atoms with Crippen LogP contribution in [0.4, 0.5) is 13.2 Å². The Hall–Kier alpha value is -2.59. The van der Waals surface area contributed by atoms with Gasteiger partial charge in [-0.3, -0.25) is 9.69 Å². The molecule has 2 aromatic carbocycles. The highest BCUT2D eigenvalue weighted by Gasteiger charge is 2.36. The summed E-state index contributed by atoms with van der Waals surface area (Å²) in [5.41, 5.74) is -1.33. The van der Waals surface area contributed by atoms with Crippen molar-refractivity contribution >= 4 is 16.0 Å². The van der Waals surface area contributed by atoms with E-state index in [2.05, 4.69) is 0 Å². The van der Waals surface area contributed by atoms with E-state index in [0.717, 1.165) is 6.07 Å². The summed E-state index contributed by atoms with van der Waals surface area (Å²) in [4.78, 5) is 15.8. The molecule has 1 heterocycles. The van der Waals surface area contributed by atoms with Crippen LogP contribution in [0.5, 0.6) is 5.75 Å². The van der Waals surface area contributed by atoms with Gasteiger partial charge in [0.15, 0.2) is 0 Å². The molecular weight excluding hydrogens is 421 g/mol. The van der Waals surface area contributed by atoms with Crippen molar-refractivity contribution in [2.45, 2.75) is 6.18 Å². The molecule has 0 atom stereocenters. The van der Waals surface area contributed by atoms with Gasteiger partial charge in [-0.15, -0.1) is 0 Å². The fourth-order valence-corrected chi connectivity index (χ4v) is 4.14. The smallest absolute Gasteiger partial charge is 0.382 e. The van der Waals surface area contributed by atoms with Crippen LogP contribution in [0.25, 0.3) is 0 Å². The minimum atomic E-state index is -4.61. The van der Waals surface area contributed by atoms with Crippen molar-refractivity contribution in [2.24, 2.45) is 0 Å². The molecule has 1 saturated heterocycles. The van der Waals surface area contributed by atoms with Gasteiger partial charge in [-0.1, -0.05) is 30.3 Å². The topological polar surface area (TPSA) is 66.9 Å². The Bertz CT molecular complexity index is 973. The summed E-state index contributed by atoms with van der Waals surface area (Å²) < 4.78 is 68.7. The molecule has 1 amide bonds. The highest BCUT2D eigenvalue weighted by Crippen LogP contribution is 2.32. The number of nitrogens with zero attached hydrogens (tertiary/aromatic N) is 2. The molecule has 1 aliphatic heterocycles. The molecule has 0 N–H and O–H groups in total. The Morgan fingerprint density at radius 3 is 2.17 bits per heavy atom. The number of para-hydroxylation sites is 1. The highest BCUT2D eigenvalue weighted by molar-refractivity contribution is 7.87. The van der Waals surface area contributed by atoms with Crippen molar-refractivity contribution in [3.05, 3.63) is 65.7 Å². The van der Waals surface area contributed by atoms with Crippen LogP contribution >= 0.6 is 0 Å². The van der Waals surface area contributed by atoms with Crippen LogP contribution < -0.4 is 4.18 Å². The summed E-state index contributed by atoms with van der Waals surface area (Å²) in [6, 6.07) is 12.9. The van der Waals surface area contributed by atoms with E-state index in [1.807, 2.05) is 4.90 Å². The van der Waals surface area contributed by atoms with Crippen LogP contribution in [-0.2, 0) is 16.3 Å². The third kappa shape index (κ3) is 5.73. The summed E-state index contributed by atoms with van der Waals surface area (Å²) >= 11 is 0. The second-order valence-electron chi connectivity index (χ2n) is 6.84. The van der Waals surface area contributed by atoms with Crippen molar-refractivity contribution in [1.82, 2.24) is 9.80 Å². The third-order valence-corrected chi connectivity index (χ3v) is 5.88. The predicted molar refractivity (Wildman–Crippen MR) is 105 cm³/mol. The van der Waals surface area contributed by atoms with Crippen LogP contribution in [0, 0.1) is 0 Å². The zero-order chi connectivity index (χ0) is 21.8. The average molecular weight is 442 g/mol. The highest BCUT2D eigenvalue weighted by atomic mass is 32.2. The molecule has 30 heavy (non-hydrogen) atoms. The minimum Gasteiger partial charge on any atom is -0.382 e. The lowest BCUT2D eigenvalue weighted by Crippen LogP contribution is -2.50. The third-order valence-electron chi connectivity index (χ3n) is 4.75. The second-order valence-corrected chi connectivity index (χ2v) is 8.53. The van der Waals surface area contributed by atoms with Crippen LogP contribution in [0.2, 0.25) is 0 Å². The van der Waals surface area contributed by atoms with E-state index in [-0.39, 0.29) is 36.7 Å². The quantitative estimate of drug-likeness (QED) is 0.644. The molecule has 1 aliphatic rings. The molecule has 0 unspecified atom stereocenters. The first-order valence-electron chi connectivity index (χ1n) is 9.31. The van der Waals surface area contributed by atoms with Gasteiger partial charge in [-0.25, -0.2) is 0 Å². The van der Waals surface area contributed by atoms with Gasteiger partial charge in [0.25, 0.3) is 5.91 Å². The number of carbonyl (C=O) groups excluding carboxylic acids is 1. The number of amides is 1. The number of piperazine rings is 1. The largest absolute Gasteiger partial charge is 0.417 e. The van der Waals surface area contributed by atoms with Crippen molar-refractivity contribution < 1.29 is 30.6 Å². The maximum Gasteiger partial charge on any atom is 0.417 e. The fourth-order valence-electron chi connectivity index (χ4n) is 3.17. The zero-order valence-corrected chi connectivity index (χ0v) is 16.8. The van der Waals surface area contributed by atoms with Crippen molar-refractivity contribution in [1.29, 1.82) is 0 Å². The molecule has 10 heteroatoms. The molecular formula is C20H21F3N2O4S. The van der Waals surface area contributed by atoms with Gasteiger partial charge in [-0.05, 0) is 24.3 Å². The fraction of sp³-hybridized carbons (Fsp3) is 0.350. The summed E-state index contributed by atoms with van der Waals surface area (Å²) in [5, 5.41) is 0. The number of halogens is 3. The number of benzene rings is 2. The van der Waals surface area contributed by atoms with Crippen molar-refractivity contribution in [2.75, 3.05) is 38.5 Å². The standard InChI is InChI=1S/C20H21F3N2O4S/c21-20(22,23)18-9-5-4-8-17(18)19(26)25-12-10-24(11-13-25)14-15-30(27,28)29-16-6-2-1-3-7-16/h1-9H,10-15H2. The maximum atomic E-state index is 13.2. The van der Waals surface area contributed by atoms with Gasteiger partial charge < -0.3 is 9.08 Å². The monoisotopic (exact) mass is 442 g/mol. The lowest BCUT2D eigenvalue weighted by Gasteiger charge is -2.35. The van der Waals surface area contributed by atoms with Gasteiger partial charge in [-0.2, -0.15) is 21.6 Å². The number of carbonyl (C=O) groups is 1. The average Bonchev–Trinajstić information content (AvgIpc) is 2.72. The van der Waals surface area contributed by atoms with Gasteiger partial charge in [0, 0.05) is 32.7 Å². The SMILES string of the molecule is O=C(c1ccccc1C(F)(F)F)N1CCN(CCS(=O)(=O)Oc2ccccc2)CC1. The normalized spacial score (nSPS) is 15.8. The summed E-state index contributed by atoms with van der Waals surface area (Å²) in [6.45, 7) is 1.35. The molecule has 0 aliphatic carbocycles. The summed E-state index contributed by atoms with van der Waals surface area (Å²) in [7, 11) is -3.78. The van der Waals surface area contributed by atoms with Gasteiger partial charge in [0.05, 0.1) is 16.9 Å². The van der Waals surface area contributed by atoms with E-state index in [1.54, 1.807) is 30.3 Å². The van der Waals surface area contributed by atoms with E-state index < -0.39 is 27.8 Å². The second kappa shape index (κ2) is 9.05. The minimum absolute atomic E-state index is 0.205. The Kier molecular flexibility index (Phi) is 6.67. The Morgan fingerprint density at radius 1 is 0.933 bits per heavy atom. The van der Waals surface area contributed by atoms with Crippen LogP contribution in [0.15, 0.2) is 54.6 Å². The van der Waals surface area contributed by atoms with Crippen molar-refractivity contribution in [3.8, 4) is 5.75 Å². The molecule has 0 spiro atoms. The number of hydrogen-bond acceptors (Lipinski definition) is 5. The van der Waals surface area contributed by atoms with Crippen molar-refractivity contribution in [3.63, 3.8) is 0 Å². The maximum absolute atomic E-state index is 13.2.